The number of H-pyrrole nitrogens is 3. The Labute approximate surface area is 597 Å². The first-order valence-corrected chi connectivity index (χ1v) is 36.4. The van der Waals surface area contributed by atoms with Crippen molar-refractivity contribution in [1.82, 2.24) is 80.4 Å². The summed E-state index contributed by atoms with van der Waals surface area (Å²) in [5, 5.41) is 22.0. The molecule has 0 aliphatic carbocycles. The Bertz CT molecular complexity index is 2340. The second-order valence-electron chi connectivity index (χ2n) is 21.5. The molecule has 552 valence electrons. The lowest BCUT2D eigenvalue weighted by Crippen LogP contribution is -2.15. The van der Waals surface area contributed by atoms with Gasteiger partial charge in [-0.3, -0.25) is 20.1 Å². The average molecular weight is 1350 g/mol. The van der Waals surface area contributed by atoms with Gasteiger partial charge in [-0.05, 0) is 83.4 Å². The highest BCUT2D eigenvalue weighted by Gasteiger charge is 2.16. The molecule has 3 N–H and O–H groups in total. The van der Waals surface area contributed by atoms with Crippen LogP contribution in [0.2, 0.25) is 0 Å². The fourth-order valence-electron chi connectivity index (χ4n) is 5.78. The van der Waals surface area contributed by atoms with Crippen LogP contribution in [-0.2, 0) is 5.41 Å². The Hall–Kier alpha value is -7.75. The summed E-state index contributed by atoms with van der Waals surface area (Å²) < 4.78 is 0. The molecule has 16 nitrogen and oxygen atoms in total. The van der Waals surface area contributed by atoms with E-state index < -0.39 is 0 Å². The standard InChI is InChI=1S/C9H12.C8H11N.C7H11N3.3C7H10N2.3C6H10N2.9C2H6/c1-8(2)9-6-4-3-5-7-9;1-7(2)8-5-3-4-6-9-8;1-7(2,3)6-8-4-5-9-10-6;1-6(2)7-5-8-3-4-9-7;1-6(2)7-3-4-8-5-9-7;1-6(2)7-4-3-5-8-9-7;1-5(2)6-3-7-4-8-6;1-5(2)6-7-3-4-8-6;1-5(2)6-3-4-7-8-6;9*1-2/h3-8H,1-2H3;3-7H,1-2H3;4-5H,1-3H3;3*3-6H,1-2H3;3*3-5H,1-2H3,(H,7,8);9*1-2H3. The topological polar surface area (TPSA) is 215 Å². The second-order valence-corrected chi connectivity index (χ2v) is 21.5. The van der Waals surface area contributed by atoms with Gasteiger partial charge in [-0.25, -0.2) is 24.9 Å². The number of aromatic amines is 3. The maximum Gasteiger partial charge on any atom is 0.156 e. The molecule has 8 heterocycles. The van der Waals surface area contributed by atoms with Crippen molar-refractivity contribution in [2.45, 2.75) is 309 Å². The van der Waals surface area contributed by atoms with Crippen LogP contribution in [0.5, 0.6) is 0 Å². The number of nitrogens with one attached hydrogen (secondary N) is 3. The molecule has 16 heteroatoms. The molecule has 0 spiro atoms. The lowest BCUT2D eigenvalue weighted by Gasteiger charge is -2.13. The smallest absolute Gasteiger partial charge is 0.156 e. The number of nitrogens with zero attached hydrogens (tertiary/aromatic N) is 13. The Morgan fingerprint density at radius 2 is 0.814 bits per heavy atom. The Morgan fingerprint density at radius 1 is 0.320 bits per heavy atom. The van der Waals surface area contributed by atoms with Crippen LogP contribution in [-0.4, -0.2) is 80.4 Å². The van der Waals surface area contributed by atoms with Crippen LogP contribution in [0.4, 0.5) is 0 Å². The van der Waals surface area contributed by atoms with Gasteiger partial charge in [0.1, 0.15) is 12.2 Å². The zero-order valence-corrected chi connectivity index (χ0v) is 68.9. The van der Waals surface area contributed by atoms with E-state index in [1.807, 2.05) is 192 Å². The Kier molecular flexibility index (Phi) is 89.8. The molecule has 0 fully saturated rings. The van der Waals surface area contributed by atoms with Crippen LogP contribution in [0.3, 0.4) is 0 Å². The summed E-state index contributed by atoms with van der Waals surface area (Å²) in [4.78, 5) is 38.2. The van der Waals surface area contributed by atoms with Crippen molar-refractivity contribution >= 4 is 0 Å². The van der Waals surface area contributed by atoms with E-state index in [0.29, 0.717) is 47.3 Å². The van der Waals surface area contributed by atoms with E-state index in [1.54, 1.807) is 68.4 Å². The molecule has 0 saturated heterocycles. The molecule has 0 aliphatic rings. The van der Waals surface area contributed by atoms with Crippen LogP contribution in [0.25, 0.3) is 0 Å². The van der Waals surface area contributed by atoms with E-state index in [0.717, 1.165) is 34.4 Å². The lowest BCUT2D eigenvalue weighted by atomic mass is 9.96. The molecule has 0 aliphatic heterocycles. The SMILES string of the molecule is CC.CC.CC.CC.CC.CC.CC.CC.CC.CC(C)(C)c1nccnn1.CC(C)c1ccccc1.CC(C)c1ccccn1.CC(C)c1cccnn1.CC(C)c1ccn[nH]1.CC(C)c1ccncn1.CC(C)c1cnc[nH]1.CC(C)c1cnccn1.CC(C)c1ncc[nH]1. The molecular weight excluding hydrogens is 1200 g/mol. The monoisotopic (exact) mass is 1350 g/mol. The van der Waals surface area contributed by atoms with Gasteiger partial charge in [0.2, 0.25) is 0 Å². The zero-order chi connectivity index (χ0) is 77.0. The predicted octanol–water partition coefficient (Wildman–Crippen LogP) is 24.8. The number of hydrogen-bond donors (Lipinski definition) is 3. The molecule has 0 unspecified atom stereocenters. The maximum atomic E-state index is 4.18. The van der Waals surface area contributed by atoms with Crippen molar-refractivity contribution in [1.29, 1.82) is 0 Å². The molecule has 0 saturated carbocycles. The van der Waals surface area contributed by atoms with Crippen molar-refractivity contribution in [2.24, 2.45) is 0 Å². The van der Waals surface area contributed by atoms with Crippen LogP contribution >= 0.6 is 0 Å². The Balaban J connectivity index is -0.000000125. The van der Waals surface area contributed by atoms with Crippen molar-refractivity contribution in [2.75, 3.05) is 0 Å². The highest BCUT2D eigenvalue weighted by molar-refractivity contribution is 5.17. The molecule has 8 aromatic heterocycles. The number of pyridine rings is 1. The first kappa shape index (κ1) is 108. The quantitative estimate of drug-likeness (QED) is 0.129. The highest BCUT2D eigenvalue weighted by atomic mass is 15.1. The van der Waals surface area contributed by atoms with E-state index in [1.165, 1.54) is 17.0 Å². The molecule has 1 aromatic carbocycles. The number of benzene rings is 1. The summed E-state index contributed by atoms with van der Waals surface area (Å²) in [6.45, 7) is 76.2. The van der Waals surface area contributed by atoms with Crippen molar-refractivity contribution in [3.63, 3.8) is 0 Å². The minimum atomic E-state index is 0.00819. The summed E-state index contributed by atoms with van der Waals surface area (Å²) in [6.07, 6.45) is 24.2. The highest BCUT2D eigenvalue weighted by Crippen LogP contribution is 2.16. The summed E-state index contributed by atoms with van der Waals surface area (Å²) in [7, 11) is 0. The lowest BCUT2D eigenvalue weighted by molar-refractivity contribution is 0.533. The zero-order valence-electron chi connectivity index (χ0n) is 68.9. The van der Waals surface area contributed by atoms with Gasteiger partial charge in [-0.1, -0.05) is 293 Å². The van der Waals surface area contributed by atoms with E-state index >= 15 is 0 Å². The van der Waals surface area contributed by atoms with Gasteiger partial charge in [-0.2, -0.15) is 20.4 Å². The van der Waals surface area contributed by atoms with E-state index in [2.05, 4.69) is 236 Å². The van der Waals surface area contributed by atoms with E-state index in [4.69, 9.17) is 0 Å². The second kappa shape index (κ2) is 80.7. The summed E-state index contributed by atoms with van der Waals surface area (Å²) >= 11 is 0. The summed E-state index contributed by atoms with van der Waals surface area (Å²) in [5.74, 6) is 6.18. The van der Waals surface area contributed by atoms with Gasteiger partial charge < -0.3 is 9.97 Å². The normalized spacial score (nSPS) is 9.00. The maximum absolute atomic E-state index is 4.18. The predicted molar refractivity (Wildman–Crippen MR) is 426 cm³/mol. The number of hydrogen-bond acceptors (Lipinski definition) is 13. The van der Waals surface area contributed by atoms with Crippen LogP contribution < -0.4 is 0 Å². The largest absolute Gasteiger partial charge is 0.348 e. The fourth-order valence-corrected chi connectivity index (χ4v) is 5.78. The molecule has 9 rings (SSSR count). The van der Waals surface area contributed by atoms with Crippen LogP contribution in [0.1, 0.15) is 355 Å². The third-order valence-corrected chi connectivity index (χ3v) is 10.8. The molecule has 0 radical (unpaired) electrons. The van der Waals surface area contributed by atoms with Gasteiger partial charge in [0, 0.05) is 102 Å². The molecule has 0 bridgehead atoms. The Morgan fingerprint density at radius 3 is 1.06 bits per heavy atom. The molecule has 0 atom stereocenters. The summed E-state index contributed by atoms with van der Waals surface area (Å²) in [6, 6.07) is 24.3. The van der Waals surface area contributed by atoms with Crippen LogP contribution in [0, 0.1) is 0 Å². The summed E-state index contributed by atoms with van der Waals surface area (Å²) in [5.41, 5.74) is 8.19. The van der Waals surface area contributed by atoms with Crippen molar-refractivity contribution < 1.29 is 0 Å². The first-order valence-electron chi connectivity index (χ1n) is 36.4. The molecule has 0 amide bonds. The van der Waals surface area contributed by atoms with Gasteiger partial charge in [-0.15, -0.1) is 5.10 Å². The third-order valence-electron chi connectivity index (χ3n) is 10.8. The molecular formula is C81H148N16. The third kappa shape index (κ3) is 66.6. The van der Waals surface area contributed by atoms with Crippen LogP contribution in [0.15, 0.2) is 160 Å². The minimum Gasteiger partial charge on any atom is -0.348 e. The average Bonchev–Trinajstić information content (AvgIpc) is 2.15. The fraction of sp³-hybridized carbons (Fsp3) is 0.568. The van der Waals surface area contributed by atoms with Gasteiger partial charge in [0.25, 0.3) is 0 Å². The minimum absolute atomic E-state index is 0.00819. The molecule has 9 aromatic rings. The van der Waals surface area contributed by atoms with Gasteiger partial charge >= 0.3 is 0 Å². The number of aromatic nitrogens is 16. The van der Waals surface area contributed by atoms with Crippen molar-refractivity contribution in [3.8, 4) is 0 Å². The first-order chi connectivity index (χ1) is 46.5. The van der Waals surface area contributed by atoms with E-state index in [9.17, 15) is 0 Å². The van der Waals surface area contributed by atoms with Gasteiger partial charge in [0.05, 0.1) is 23.9 Å². The van der Waals surface area contributed by atoms with Gasteiger partial charge in [0.15, 0.2) is 5.82 Å². The number of rotatable bonds is 8. The van der Waals surface area contributed by atoms with E-state index in [-0.39, 0.29) is 5.41 Å². The number of imidazole rings is 2. The molecule has 97 heavy (non-hydrogen) atoms. The van der Waals surface area contributed by atoms with Crippen molar-refractivity contribution in [3.05, 3.63) is 211 Å².